The predicted octanol–water partition coefficient (Wildman–Crippen LogP) is 4.19. The first kappa shape index (κ1) is 30.0. The molecule has 11 heteroatoms. The van der Waals surface area contributed by atoms with E-state index in [0.29, 0.717) is 38.6 Å². The van der Waals surface area contributed by atoms with E-state index >= 15 is 0 Å². The fourth-order valence-electron chi connectivity index (χ4n) is 6.02. The number of piperazine rings is 1. The molecule has 2 saturated heterocycles. The van der Waals surface area contributed by atoms with Crippen LogP contribution in [0.3, 0.4) is 0 Å². The molecule has 8 nitrogen and oxygen atoms in total. The van der Waals surface area contributed by atoms with Crippen molar-refractivity contribution < 1.29 is 18.0 Å². The summed E-state index contributed by atoms with van der Waals surface area (Å²) < 4.78 is 38.5. The molecule has 0 saturated carbocycles. The van der Waals surface area contributed by atoms with Crippen LogP contribution in [-0.4, -0.2) is 79.1 Å². The molecule has 0 spiro atoms. The molecule has 1 unspecified atom stereocenters. The number of alkyl halides is 3. The fraction of sp³-hybridized carbons (Fsp3) is 0.516. The van der Waals surface area contributed by atoms with Crippen LogP contribution in [-0.2, 0) is 17.5 Å². The van der Waals surface area contributed by atoms with E-state index in [0.717, 1.165) is 80.2 Å². The Morgan fingerprint density at radius 1 is 0.976 bits per heavy atom. The summed E-state index contributed by atoms with van der Waals surface area (Å²) in [6, 6.07) is 11.7. The Morgan fingerprint density at radius 2 is 1.67 bits per heavy atom. The van der Waals surface area contributed by atoms with Gasteiger partial charge in [-0.2, -0.15) is 13.2 Å². The lowest BCUT2D eigenvalue weighted by Gasteiger charge is -2.36. The minimum absolute atomic E-state index is 0.00989. The van der Waals surface area contributed by atoms with Gasteiger partial charge in [-0.15, -0.1) is 0 Å². The Morgan fingerprint density at radius 3 is 2.31 bits per heavy atom. The highest BCUT2D eigenvalue weighted by Gasteiger charge is 2.33. The molecule has 5 N–H and O–H groups in total. The maximum Gasteiger partial charge on any atom is 0.416 e. The molecule has 3 aliphatic rings. The molecule has 2 fully saturated rings. The molecule has 1 atom stereocenters. The van der Waals surface area contributed by atoms with E-state index in [1.807, 2.05) is 4.90 Å². The second-order valence-corrected chi connectivity index (χ2v) is 11.5. The number of halogens is 3. The van der Waals surface area contributed by atoms with Crippen LogP contribution in [0.15, 0.2) is 54.4 Å². The summed E-state index contributed by atoms with van der Waals surface area (Å²) in [7, 11) is 0. The Bertz CT molecular complexity index is 1230. The van der Waals surface area contributed by atoms with Gasteiger partial charge in [0, 0.05) is 57.7 Å². The number of likely N-dealkylation sites (tertiary alicyclic amines) is 1. The summed E-state index contributed by atoms with van der Waals surface area (Å²) in [5.74, 6) is 0.491. The van der Waals surface area contributed by atoms with Gasteiger partial charge in [-0.25, -0.2) is 0 Å². The van der Waals surface area contributed by atoms with Crippen LogP contribution in [0, 0.1) is 0 Å². The van der Waals surface area contributed by atoms with E-state index in [2.05, 4.69) is 50.9 Å². The highest BCUT2D eigenvalue weighted by molar-refractivity contribution is 5.93. The highest BCUT2D eigenvalue weighted by Crippen LogP contribution is 2.36. The number of amides is 1. The van der Waals surface area contributed by atoms with Gasteiger partial charge in [-0.3, -0.25) is 14.6 Å². The third kappa shape index (κ3) is 7.30. The Labute approximate surface area is 246 Å². The topological polar surface area (TPSA) is 88.9 Å². The standard InChI is InChI=1S/C31H42F3N7O/c1-2-11-36-26(19-35)21-39-12-9-23(10-13-39)24-5-8-27-28(18-24)38-29(37-27)30(42)41-16-14-40(15-17-41)20-22-3-6-25(7-4-22)31(32,33)34/h3-8,18-19,23,29,36-38H,2,9-17,20-21,35H2,1H3/b26-19-. The summed E-state index contributed by atoms with van der Waals surface area (Å²) in [5.41, 5.74) is 10.3. The number of rotatable bonds is 9. The molecule has 5 rings (SSSR count). The summed E-state index contributed by atoms with van der Waals surface area (Å²) in [4.78, 5) is 19.8. The number of fused-ring (bicyclic) bond motifs is 1. The zero-order chi connectivity index (χ0) is 29.7. The third-order valence-electron chi connectivity index (χ3n) is 8.52. The van der Waals surface area contributed by atoms with Crippen LogP contribution in [0.1, 0.15) is 48.8 Å². The largest absolute Gasteiger partial charge is 0.416 e. The number of carbonyl (C=O) groups is 1. The second kappa shape index (κ2) is 13.2. The lowest BCUT2D eigenvalue weighted by molar-refractivity contribution is -0.137. The number of benzene rings is 2. The first-order valence-electron chi connectivity index (χ1n) is 14.9. The molecule has 0 bridgehead atoms. The Hall–Kier alpha value is -3.44. The van der Waals surface area contributed by atoms with Gasteiger partial charge in [0.1, 0.15) is 0 Å². The maximum absolute atomic E-state index is 13.3. The van der Waals surface area contributed by atoms with Gasteiger partial charge in [0.05, 0.1) is 16.9 Å². The number of carbonyl (C=O) groups excluding carboxylic acids is 1. The first-order chi connectivity index (χ1) is 20.2. The minimum atomic E-state index is -4.33. The average Bonchev–Trinajstić information content (AvgIpc) is 3.43. The molecule has 0 aromatic heterocycles. The van der Waals surface area contributed by atoms with Gasteiger partial charge in [0.15, 0.2) is 6.17 Å². The Balaban J connectivity index is 1.08. The second-order valence-electron chi connectivity index (χ2n) is 11.5. The summed E-state index contributed by atoms with van der Waals surface area (Å²) >= 11 is 0. The Kier molecular flexibility index (Phi) is 9.47. The summed E-state index contributed by atoms with van der Waals surface area (Å²) in [5, 5.41) is 10.1. The number of nitrogens with one attached hydrogen (secondary N) is 3. The van der Waals surface area contributed by atoms with Gasteiger partial charge in [0.2, 0.25) is 0 Å². The molecule has 2 aromatic rings. The van der Waals surface area contributed by atoms with E-state index in [9.17, 15) is 18.0 Å². The molecule has 0 aliphatic carbocycles. The lowest BCUT2D eigenvalue weighted by atomic mass is 9.89. The van der Waals surface area contributed by atoms with Crippen LogP contribution in [0.25, 0.3) is 0 Å². The van der Waals surface area contributed by atoms with Crippen molar-refractivity contribution in [2.75, 3.05) is 63.0 Å². The molecule has 1 amide bonds. The molecule has 0 radical (unpaired) electrons. The van der Waals surface area contributed by atoms with E-state index in [-0.39, 0.29) is 5.91 Å². The molecule has 2 aromatic carbocycles. The smallest absolute Gasteiger partial charge is 0.403 e. The van der Waals surface area contributed by atoms with Crippen molar-refractivity contribution in [2.24, 2.45) is 5.73 Å². The average molecular weight is 586 g/mol. The van der Waals surface area contributed by atoms with E-state index in [1.54, 1.807) is 6.20 Å². The van der Waals surface area contributed by atoms with Crippen molar-refractivity contribution >= 4 is 17.3 Å². The van der Waals surface area contributed by atoms with Crippen LogP contribution in [0.4, 0.5) is 24.5 Å². The lowest BCUT2D eigenvalue weighted by Crippen LogP contribution is -2.53. The van der Waals surface area contributed by atoms with Crippen molar-refractivity contribution in [3.8, 4) is 0 Å². The van der Waals surface area contributed by atoms with Crippen LogP contribution in [0.2, 0.25) is 0 Å². The van der Waals surface area contributed by atoms with Crippen molar-refractivity contribution in [3.05, 3.63) is 71.1 Å². The zero-order valence-electron chi connectivity index (χ0n) is 24.2. The molecule has 3 heterocycles. The minimum Gasteiger partial charge on any atom is -0.403 e. The summed E-state index contributed by atoms with van der Waals surface area (Å²) in [6.07, 6.45) is 0.0781. The van der Waals surface area contributed by atoms with E-state index < -0.39 is 17.9 Å². The number of nitrogens with two attached hydrogens (primary N) is 1. The van der Waals surface area contributed by atoms with Crippen LogP contribution < -0.4 is 21.7 Å². The van der Waals surface area contributed by atoms with Gasteiger partial charge < -0.3 is 26.6 Å². The van der Waals surface area contributed by atoms with E-state index in [4.69, 9.17) is 5.73 Å². The first-order valence-corrected chi connectivity index (χ1v) is 14.9. The quantitative estimate of drug-likeness (QED) is 0.351. The molecular formula is C31H42F3N7O. The van der Waals surface area contributed by atoms with Crippen molar-refractivity contribution in [3.63, 3.8) is 0 Å². The number of hydrogen-bond donors (Lipinski definition) is 4. The third-order valence-corrected chi connectivity index (χ3v) is 8.52. The maximum atomic E-state index is 13.3. The normalized spacial score (nSPS) is 20.6. The highest BCUT2D eigenvalue weighted by atomic mass is 19.4. The van der Waals surface area contributed by atoms with Gasteiger partial charge in [-0.05, 0) is 73.7 Å². The number of nitrogens with zero attached hydrogens (tertiary/aromatic N) is 3. The van der Waals surface area contributed by atoms with Crippen molar-refractivity contribution in [2.45, 2.75) is 51.0 Å². The molecular weight excluding hydrogens is 543 g/mol. The monoisotopic (exact) mass is 585 g/mol. The SMILES string of the molecule is CCCN/C(=C\N)CN1CCC(c2ccc3c(c2)NC(C(=O)N2CCN(Cc4ccc(C(F)(F)F)cc4)CC2)N3)CC1. The predicted molar refractivity (Wildman–Crippen MR) is 160 cm³/mol. The summed E-state index contributed by atoms with van der Waals surface area (Å²) in [6.45, 7) is 9.03. The van der Waals surface area contributed by atoms with Crippen molar-refractivity contribution in [1.82, 2.24) is 20.0 Å². The van der Waals surface area contributed by atoms with Crippen LogP contribution >= 0.6 is 0 Å². The molecule has 228 valence electrons. The number of anilines is 2. The number of piperidine rings is 1. The van der Waals surface area contributed by atoms with Crippen molar-refractivity contribution in [1.29, 1.82) is 0 Å². The molecule has 3 aliphatic heterocycles. The van der Waals surface area contributed by atoms with E-state index in [1.165, 1.54) is 17.7 Å². The van der Waals surface area contributed by atoms with Gasteiger partial charge in [0.25, 0.3) is 5.91 Å². The van der Waals surface area contributed by atoms with Gasteiger partial charge in [-0.1, -0.05) is 25.1 Å². The molecule has 42 heavy (non-hydrogen) atoms. The fourth-order valence-corrected chi connectivity index (χ4v) is 6.02. The van der Waals surface area contributed by atoms with Crippen LogP contribution in [0.5, 0.6) is 0 Å². The van der Waals surface area contributed by atoms with Gasteiger partial charge >= 0.3 is 6.18 Å². The zero-order valence-corrected chi connectivity index (χ0v) is 24.2. The number of hydrogen-bond acceptors (Lipinski definition) is 7.